The van der Waals surface area contributed by atoms with E-state index in [4.69, 9.17) is 4.98 Å². The average molecular weight is 264 g/mol. The molecule has 1 amide bonds. The molecular weight excluding hydrogens is 244 g/mol. The lowest BCUT2D eigenvalue weighted by Crippen LogP contribution is -2.36. The van der Waals surface area contributed by atoms with E-state index in [1.54, 1.807) is 6.92 Å². The van der Waals surface area contributed by atoms with E-state index in [1.807, 2.05) is 16.2 Å². The molecule has 18 heavy (non-hydrogen) atoms. The first-order valence-electron chi connectivity index (χ1n) is 6.98. The number of carbonyl (C=O) groups is 1. The van der Waals surface area contributed by atoms with Gasteiger partial charge in [-0.15, -0.1) is 11.3 Å². The van der Waals surface area contributed by atoms with Gasteiger partial charge in [-0.3, -0.25) is 4.79 Å². The maximum absolute atomic E-state index is 11.3. The first kappa shape index (κ1) is 12.2. The summed E-state index contributed by atoms with van der Waals surface area (Å²) in [5.74, 6) is 0.808. The van der Waals surface area contributed by atoms with E-state index >= 15 is 0 Å². The maximum Gasteiger partial charge on any atom is 0.219 e. The van der Waals surface area contributed by atoms with Crippen molar-refractivity contribution in [1.82, 2.24) is 9.88 Å². The Balaban J connectivity index is 1.69. The van der Waals surface area contributed by atoms with Crippen LogP contribution in [0.5, 0.6) is 0 Å². The van der Waals surface area contributed by atoms with Gasteiger partial charge >= 0.3 is 0 Å². The number of aromatic nitrogens is 1. The molecule has 0 saturated carbocycles. The van der Waals surface area contributed by atoms with Crippen LogP contribution in [0.4, 0.5) is 0 Å². The molecule has 3 rings (SSSR count). The van der Waals surface area contributed by atoms with Gasteiger partial charge in [-0.25, -0.2) is 4.98 Å². The second-order valence-corrected chi connectivity index (χ2v) is 6.52. The zero-order chi connectivity index (χ0) is 12.5. The van der Waals surface area contributed by atoms with Crippen LogP contribution in [0.15, 0.2) is 0 Å². The number of thiazole rings is 1. The fourth-order valence-corrected chi connectivity index (χ4v) is 4.31. The molecule has 0 aromatic carbocycles. The third-order valence-electron chi connectivity index (χ3n) is 4.15. The Morgan fingerprint density at radius 3 is 2.67 bits per heavy atom. The molecule has 3 nitrogen and oxygen atoms in total. The number of rotatable bonds is 1. The summed E-state index contributed by atoms with van der Waals surface area (Å²) in [6.07, 6.45) is 7.23. The van der Waals surface area contributed by atoms with Crippen LogP contribution < -0.4 is 0 Å². The van der Waals surface area contributed by atoms with Crippen LogP contribution in [0.2, 0.25) is 0 Å². The zero-order valence-electron chi connectivity index (χ0n) is 10.9. The number of nitrogens with zero attached hydrogens (tertiary/aromatic N) is 2. The molecule has 1 aromatic rings. The smallest absolute Gasteiger partial charge is 0.219 e. The van der Waals surface area contributed by atoms with Crippen molar-refractivity contribution in [3.05, 3.63) is 15.6 Å². The van der Waals surface area contributed by atoms with Crippen molar-refractivity contribution in [2.24, 2.45) is 0 Å². The summed E-state index contributed by atoms with van der Waals surface area (Å²) < 4.78 is 0. The first-order valence-corrected chi connectivity index (χ1v) is 7.79. The number of likely N-dealkylation sites (tertiary alicyclic amines) is 1. The molecule has 4 heteroatoms. The molecule has 0 spiro atoms. The van der Waals surface area contributed by atoms with Crippen molar-refractivity contribution >= 4 is 17.2 Å². The van der Waals surface area contributed by atoms with Gasteiger partial charge in [0, 0.05) is 30.8 Å². The van der Waals surface area contributed by atoms with E-state index < -0.39 is 0 Å². The quantitative estimate of drug-likeness (QED) is 0.781. The summed E-state index contributed by atoms with van der Waals surface area (Å²) in [6, 6.07) is 0. The lowest BCUT2D eigenvalue weighted by molar-refractivity contribution is -0.129. The summed E-state index contributed by atoms with van der Waals surface area (Å²) in [4.78, 5) is 19.7. The van der Waals surface area contributed by atoms with Gasteiger partial charge in [-0.05, 0) is 38.5 Å². The van der Waals surface area contributed by atoms with Crippen LogP contribution in [-0.4, -0.2) is 28.9 Å². The van der Waals surface area contributed by atoms with Gasteiger partial charge in [0.15, 0.2) is 0 Å². The Morgan fingerprint density at radius 2 is 2.00 bits per heavy atom. The van der Waals surface area contributed by atoms with Crippen LogP contribution in [0.3, 0.4) is 0 Å². The highest BCUT2D eigenvalue weighted by Crippen LogP contribution is 2.35. The number of amides is 1. The minimum atomic E-state index is 0.215. The van der Waals surface area contributed by atoms with Crippen LogP contribution in [-0.2, 0) is 17.6 Å². The number of aryl methyl sites for hydroxylation is 2. The lowest BCUT2D eigenvalue weighted by Gasteiger charge is -2.30. The van der Waals surface area contributed by atoms with Crippen LogP contribution >= 0.6 is 11.3 Å². The monoisotopic (exact) mass is 264 g/mol. The van der Waals surface area contributed by atoms with Gasteiger partial charge in [0.25, 0.3) is 0 Å². The second kappa shape index (κ2) is 5.00. The second-order valence-electron chi connectivity index (χ2n) is 5.41. The molecule has 0 radical (unpaired) electrons. The third kappa shape index (κ3) is 2.30. The standard InChI is InChI=1S/C14H20N2OS/c1-10(17)16-8-6-11(7-9-16)14-15-12-4-2-3-5-13(12)18-14/h11H,2-9H2,1H3. The summed E-state index contributed by atoms with van der Waals surface area (Å²) in [5, 5.41) is 1.34. The summed E-state index contributed by atoms with van der Waals surface area (Å²) in [7, 11) is 0. The van der Waals surface area contributed by atoms with Gasteiger partial charge < -0.3 is 4.90 Å². The molecule has 1 aliphatic heterocycles. The van der Waals surface area contributed by atoms with Crippen molar-refractivity contribution in [2.75, 3.05) is 13.1 Å². The van der Waals surface area contributed by atoms with E-state index in [1.165, 1.54) is 41.3 Å². The van der Waals surface area contributed by atoms with Crippen LogP contribution in [0.1, 0.15) is 54.1 Å². The van der Waals surface area contributed by atoms with E-state index in [2.05, 4.69) is 0 Å². The van der Waals surface area contributed by atoms with E-state index in [0.29, 0.717) is 5.92 Å². The highest BCUT2D eigenvalue weighted by molar-refractivity contribution is 7.11. The Labute approximate surface area is 112 Å². The van der Waals surface area contributed by atoms with Crippen molar-refractivity contribution in [3.8, 4) is 0 Å². The molecule has 0 bridgehead atoms. The van der Waals surface area contributed by atoms with Gasteiger partial charge in [0.2, 0.25) is 5.91 Å². The Kier molecular flexibility index (Phi) is 3.37. The normalized spacial score (nSPS) is 20.8. The number of hydrogen-bond donors (Lipinski definition) is 0. The molecular formula is C14H20N2OS. The van der Waals surface area contributed by atoms with Gasteiger partial charge in [-0.1, -0.05) is 0 Å². The molecule has 98 valence electrons. The first-order chi connectivity index (χ1) is 8.74. The third-order valence-corrected chi connectivity index (χ3v) is 5.47. The molecule has 0 N–H and O–H groups in total. The highest BCUT2D eigenvalue weighted by Gasteiger charge is 2.26. The van der Waals surface area contributed by atoms with E-state index in [0.717, 1.165) is 25.9 Å². The predicted molar refractivity (Wildman–Crippen MR) is 73.0 cm³/mol. The largest absolute Gasteiger partial charge is 0.343 e. The summed E-state index contributed by atoms with van der Waals surface area (Å²) in [5.41, 5.74) is 1.37. The van der Waals surface area contributed by atoms with Crippen molar-refractivity contribution in [2.45, 2.75) is 51.4 Å². The van der Waals surface area contributed by atoms with Gasteiger partial charge in [0.1, 0.15) is 0 Å². The molecule has 2 aliphatic rings. The fraction of sp³-hybridized carbons (Fsp3) is 0.714. The van der Waals surface area contributed by atoms with Crippen LogP contribution in [0, 0.1) is 0 Å². The highest BCUT2D eigenvalue weighted by atomic mass is 32.1. The van der Waals surface area contributed by atoms with Crippen molar-refractivity contribution in [1.29, 1.82) is 0 Å². The molecule has 2 heterocycles. The van der Waals surface area contributed by atoms with Crippen molar-refractivity contribution in [3.63, 3.8) is 0 Å². The number of hydrogen-bond acceptors (Lipinski definition) is 3. The van der Waals surface area contributed by atoms with Crippen LogP contribution in [0.25, 0.3) is 0 Å². The average Bonchev–Trinajstić information content (AvgIpc) is 2.82. The van der Waals surface area contributed by atoms with E-state index in [-0.39, 0.29) is 5.91 Å². The van der Waals surface area contributed by atoms with E-state index in [9.17, 15) is 4.79 Å². The Hall–Kier alpha value is -0.900. The summed E-state index contributed by atoms with van der Waals surface area (Å²) >= 11 is 1.94. The molecule has 1 saturated heterocycles. The Morgan fingerprint density at radius 1 is 1.28 bits per heavy atom. The van der Waals surface area contributed by atoms with Crippen molar-refractivity contribution < 1.29 is 4.79 Å². The number of piperidine rings is 1. The molecule has 1 aromatic heterocycles. The lowest BCUT2D eigenvalue weighted by atomic mass is 9.97. The predicted octanol–water partition coefficient (Wildman–Crippen LogP) is 2.75. The maximum atomic E-state index is 11.3. The molecule has 0 atom stereocenters. The number of carbonyl (C=O) groups excluding carboxylic acids is 1. The van der Waals surface area contributed by atoms with Gasteiger partial charge in [-0.2, -0.15) is 0 Å². The summed E-state index contributed by atoms with van der Waals surface area (Å²) in [6.45, 7) is 3.48. The SMILES string of the molecule is CC(=O)N1CCC(c2nc3c(s2)CCCC3)CC1. The Bertz CT molecular complexity index is 423. The number of fused-ring (bicyclic) bond motifs is 1. The zero-order valence-corrected chi connectivity index (χ0v) is 11.8. The topological polar surface area (TPSA) is 33.2 Å². The fourth-order valence-electron chi connectivity index (χ4n) is 2.99. The minimum absolute atomic E-state index is 0.215. The molecule has 0 unspecified atom stereocenters. The molecule has 1 fully saturated rings. The van der Waals surface area contributed by atoms with Gasteiger partial charge in [0.05, 0.1) is 10.7 Å². The minimum Gasteiger partial charge on any atom is -0.343 e. The molecule has 1 aliphatic carbocycles.